The van der Waals surface area contributed by atoms with E-state index in [1.54, 1.807) is 24.3 Å². The molecule has 0 radical (unpaired) electrons. The first-order chi connectivity index (χ1) is 16.3. The van der Waals surface area contributed by atoms with Crippen LogP contribution in [0.15, 0.2) is 39.5 Å². The lowest BCUT2D eigenvalue weighted by molar-refractivity contribution is 0.0966. The van der Waals surface area contributed by atoms with Crippen LogP contribution in [-0.2, 0) is 18.3 Å². The van der Waals surface area contributed by atoms with Gasteiger partial charge in [0.25, 0.3) is 0 Å². The predicted octanol–water partition coefficient (Wildman–Crippen LogP) is 4.62. The number of Topliss-reactive ketones (excluding diaryl/α,β-unsaturated/α-hetero) is 1. The Morgan fingerprint density at radius 1 is 1.12 bits per heavy atom. The molecular weight excluding hydrogens is 428 g/mol. The standard InChI is InChI=1S/C27H22N4O3/c1-16(2)24-19-9-5-4-8-18(19)21(13-28)25(31-24)27(14-29,15-30)12-22(32)20-11-17-7-3-6-10-23(17)34-26(20)33/h3,6-7,10-11,16H,4-5,8-9,12H2,1-2H3. The van der Waals surface area contributed by atoms with Gasteiger partial charge in [0.15, 0.2) is 11.2 Å². The number of carbonyl (C=O) groups excluding carboxylic acids is 1. The van der Waals surface area contributed by atoms with Gasteiger partial charge in [-0.15, -0.1) is 0 Å². The number of hydrogen-bond acceptors (Lipinski definition) is 7. The monoisotopic (exact) mass is 450 g/mol. The molecule has 2 aromatic heterocycles. The van der Waals surface area contributed by atoms with E-state index in [4.69, 9.17) is 4.42 Å². The predicted molar refractivity (Wildman–Crippen MR) is 124 cm³/mol. The van der Waals surface area contributed by atoms with E-state index >= 15 is 0 Å². The van der Waals surface area contributed by atoms with Crippen molar-refractivity contribution in [3.8, 4) is 18.2 Å². The Balaban J connectivity index is 1.88. The average Bonchev–Trinajstić information content (AvgIpc) is 2.85. The molecule has 4 rings (SSSR count). The van der Waals surface area contributed by atoms with Gasteiger partial charge in [-0.3, -0.25) is 9.78 Å². The van der Waals surface area contributed by atoms with Crippen molar-refractivity contribution in [1.82, 2.24) is 4.98 Å². The van der Waals surface area contributed by atoms with E-state index in [0.29, 0.717) is 17.4 Å². The highest BCUT2D eigenvalue weighted by Crippen LogP contribution is 2.37. The molecule has 0 aliphatic heterocycles. The molecule has 1 aliphatic carbocycles. The summed E-state index contributed by atoms with van der Waals surface area (Å²) >= 11 is 0. The van der Waals surface area contributed by atoms with Gasteiger partial charge in [-0.25, -0.2) is 4.79 Å². The number of pyridine rings is 1. The van der Waals surface area contributed by atoms with Crippen LogP contribution in [-0.4, -0.2) is 10.8 Å². The maximum Gasteiger partial charge on any atom is 0.347 e. The van der Waals surface area contributed by atoms with Crippen molar-refractivity contribution in [2.75, 3.05) is 0 Å². The largest absolute Gasteiger partial charge is 0.422 e. The molecule has 1 aromatic carbocycles. The molecule has 2 heterocycles. The highest BCUT2D eigenvalue weighted by atomic mass is 16.4. The minimum absolute atomic E-state index is 0.00266. The second kappa shape index (κ2) is 8.93. The van der Waals surface area contributed by atoms with Crippen molar-refractivity contribution in [1.29, 1.82) is 15.8 Å². The lowest BCUT2D eigenvalue weighted by atomic mass is 9.75. The number of fused-ring (bicyclic) bond motifs is 2. The molecule has 1 aliphatic rings. The number of carbonyl (C=O) groups is 1. The normalized spacial score (nSPS) is 13.1. The molecule has 34 heavy (non-hydrogen) atoms. The molecule has 0 N–H and O–H groups in total. The first-order valence-corrected chi connectivity index (χ1v) is 11.2. The lowest BCUT2D eigenvalue weighted by Crippen LogP contribution is -2.32. The Kier molecular flexibility index (Phi) is 6.01. The first-order valence-electron chi connectivity index (χ1n) is 11.2. The summed E-state index contributed by atoms with van der Waals surface area (Å²) in [6.45, 7) is 3.94. The minimum atomic E-state index is -2.02. The molecule has 0 atom stereocenters. The Morgan fingerprint density at radius 3 is 2.44 bits per heavy atom. The molecule has 7 nitrogen and oxygen atoms in total. The van der Waals surface area contributed by atoms with E-state index in [1.165, 1.54) is 6.07 Å². The molecular formula is C27H22N4O3. The van der Waals surface area contributed by atoms with Crippen LogP contribution in [0.3, 0.4) is 0 Å². The third kappa shape index (κ3) is 3.74. The summed E-state index contributed by atoms with van der Waals surface area (Å²) in [5.74, 6) is -0.700. The van der Waals surface area contributed by atoms with Crippen LogP contribution < -0.4 is 5.63 Å². The van der Waals surface area contributed by atoms with Crippen molar-refractivity contribution >= 4 is 16.8 Å². The van der Waals surface area contributed by atoms with Gasteiger partial charge in [0.2, 0.25) is 0 Å². The van der Waals surface area contributed by atoms with Gasteiger partial charge < -0.3 is 4.42 Å². The summed E-state index contributed by atoms with van der Waals surface area (Å²) in [5, 5.41) is 30.9. The van der Waals surface area contributed by atoms with Gasteiger partial charge in [-0.1, -0.05) is 32.0 Å². The Morgan fingerprint density at radius 2 is 1.79 bits per heavy atom. The van der Waals surface area contributed by atoms with Gasteiger partial charge in [-0.05, 0) is 54.9 Å². The van der Waals surface area contributed by atoms with E-state index < -0.39 is 23.2 Å². The maximum atomic E-state index is 13.3. The number of nitrogens with zero attached hydrogens (tertiary/aromatic N) is 4. The number of aromatic nitrogens is 1. The second-order valence-corrected chi connectivity index (χ2v) is 8.87. The molecule has 0 unspecified atom stereocenters. The molecule has 0 amide bonds. The fraction of sp³-hybridized carbons (Fsp3) is 0.333. The number of benzene rings is 1. The first kappa shape index (κ1) is 22.9. The number of para-hydroxylation sites is 1. The second-order valence-electron chi connectivity index (χ2n) is 8.87. The Labute approximate surface area is 196 Å². The number of hydrogen-bond donors (Lipinski definition) is 0. The van der Waals surface area contributed by atoms with Crippen molar-refractivity contribution in [3.63, 3.8) is 0 Å². The molecule has 3 aromatic rings. The molecule has 168 valence electrons. The number of rotatable bonds is 5. The number of ketones is 1. The Hall–Kier alpha value is -4.28. The van der Waals surface area contributed by atoms with E-state index in [2.05, 4.69) is 11.1 Å². The summed E-state index contributed by atoms with van der Waals surface area (Å²) in [4.78, 5) is 30.4. The third-order valence-electron chi connectivity index (χ3n) is 6.36. The fourth-order valence-electron chi connectivity index (χ4n) is 4.64. The van der Waals surface area contributed by atoms with Crippen molar-refractivity contribution < 1.29 is 9.21 Å². The van der Waals surface area contributed by atoms with E-state index in [-0.39, 0.29) is 22.7 Å². The van der Waals surface area contributed by atoms with E-state index in [0.717, 1.165) is 36.1 Å². The van der Waals surface area contributed by atoms with Crippen LogP contribution in [0.4, 0.5) is 0 Å². The van der Waals surface area contributed by atoms with Crippen LogP contribution in [0.2, 0.25) is 0 Å². The van der Waals surface area contributed by atoms with Gasteiger partial charge >= 0.3 is 5.63 Å². The summed E-state index contributed by atoms with van der Waals surface area (Å²) < 4.78 is 5.26. The smallest absolute Gasteiger partial charge is 0.347 e. The third-order valence-corrected chi connectivity index (χ3v) is 6.36. The summed E-state index contributed by atoms with van der Waals surface area (Å²) in [6.07, 6.45) is 2.71. The van der Waals surface area contributed by atoms with Gasteiger partial charge in [0.1, 0.15) is 17.2 Å². The van der Waals surface area contributed by atoms with Crippen LogP contribution in [0.25, 0.3) is 11.0 Å². The Bertz CT molecular complexity index is 1480. The van der Waals surface area contributed by atoms with E-state index in [9.17, 15) is 25.4 Å². The van der Waals surface area contributed by atoms with Crippen LogP contribution >= 0.6 is 0 Å². The summed E-state index contributed by atoms with van der Waals surface area (Å²) in [7, 11) is 0. The van der Waals surface area contributed by atoms with Crippen LogP contribution in [0.1, 0.15) is 77.5 Å². The quantitative estimate of drug-likeness (QED) is 0.409. The fourth-order valence-corrected chi connectivity index (χ4v) is 4.64. The minimum Gasteiger partial charge on any atom is -0.422 e. The van der Waals surface area contributed by atoms with Crippen molar-refractivity contribution in [3.05, 3.63) is 74.4 Å². The van der Waals surface area contributed by atoms with Crippen LogP contribution in [0, 0.1) is 34.0 Å². The highest BCUT2D eigenvalue weighted by molar-refractivity contribution is 5.99. The van der Waals surface area contributed by atoms with Crippen molar-refractivity contribution in [2.45, 2.75) is 57.3 Å². The maximum absolute atomic E-state index is 13.3. The zero-order valence-corrected chi connectivity index (χ0v) is 19.0. The lowest BCUT2D eigenvalue weighted by Gasteiger charge is -2.27. The molecule has 0 saturated carbocycles. The molecule has 0 saturated heterocycles. The van der Waals surface area contributed by atoms with Crippen LogP contribution in [0.5, 0.6) is 0 Å². The van der Waals surface area contributed by atoms with E-state index in [1.807, 2.05) is 26.0 Å². The average molecular weight is 450 g/mol. The SMILES string of the molecule is CC(C)c1nc(C(C#N)(C#N)CC(=O)c2cc3ccccc3oc2=O)c(C#N)c2c1CCCC2. The molecule has 0 bridgehead atoms. The number of nitriles is 3. The molecule has 0 fully saturated rings. The van der Waals surface area contributed by atoms with Gasteiger partial charge in [0, 0.05) is 17.5 Å². The van der Waals surface area contributed by atoms with Gasteiger partial charge in [-0.2, -0.15) is 15.8 Å². The van der Waals surface area contributed by atoms with Gasteiger partial charge in [0.05, 0.1) is 23.4 Å². The summed E-state index contributed by atoms with van der Waals surface area (Å²) in [6, 6.07) is 14.3. The highest BCUT2D eigenvalue weighted by Gasteiger charge is 2.42. The topological polar surface area (TPSA) is 132 Å². The zero-order chi connectivity index (χ0) is 24.5. The van der Waals surface area contributed by atoms with Crippen molar-refractivity contribution in [2.24, 2.45) is 0 Å². The molecule has 0 spiro atoms. The molecule has 7 heteroatoms. The zero-order valence-electron chi connectivity index (χ0n) is 19.0. The summed E-state index contributed by atoms with van der Waals surface area (Å²) in [5.41, 5.74) is 0.00327.